The zero-order chi connectivity index (χ0) is 17.1. The van der Waals surface area contributed by atoms with Gasteiger partial charge in [-0.1, -0.05) is 0 Å². The second-order valence-corrected chi connectivity index (χ2v) is 4.57. The van der Waals surface area contributed by atoms with E-state index in [4.69, 9.17) is 15.3 Å². The highest BCUT2D eigenvalue weighted by molar-refractivity contribution is 6.17. The van der Waals surface area contributed by atoms with Crippen LogP contribution in [0.3, 0.4) is 0 Å². The zero-order valence-electron chi connectivity index (χ0n) is 11.6. The van der Waals surface area contributed by atoms with Crippen LogP contribution in [0, 0.1) is 0 Å². The van der Waals surface area contributed by atoms with E-state index >= 15 is 0 Å². The first-order valence-corrected chi connectivity index (χ1v) is 6.41. The number of β-amino-alcohol motifs (C(OH)–C–C–N with tert-alkyl or cyclic N) is 1. The number of hydrogen-bond donors (Lipinski definition) is 4. The van der Waals surface area contributed by atoms with Crippen LogP contribution in [0.25, 0.3) is 0 Å². The van der Waals surface area contributed by atoms with Crippen LogP contribution in [0.15, 0.2) is 30.0 Å². The minimum Gasteiger partial charge on any atom is -0.478 e. The monoisotopic (exact) mass is 320 g/mol. The lowest BCUT2D eigenvalue weighted by atomic mass is 10.1. The van der Waals surface area contributed by atoms with Crippen LogP contribution in [0.5, 0.6) is 0 Å². The number of aliphatic hydroxyl groups is 1. The molecule has 2 amide bonds. The second kappa shape index (κ2) is 6.28. The molecule has 0 atom stereocenters. The maximum Gasteiger partial charge on any atom is 0.337 e. The standard InChI is InChI=1S/C14H12N2O7/c17-4-3-16-11(18)6-10(12(16)19)15-9-5-7(13(20)21)1-2-8(9)14(22)23/h1-2,5-6,15,17H,3-4H2,(H,20,21)(H,22,23). The van der Waals surface area contributed by atoms with E-state index in [-0.39, 0.29) is 29.1 Å². The van der Waals surface area contributed by atoms with Gasteiger partial charge >= 0.3 is 11.9 Å². The van der Waals surface area contributed by atoms with Gasteiger partial charge in [0, 0.05) is 6.08 Å². The molecule has 1 aliphatic heterocycles. The summed E-state index contributed by atoms with van der Waals surface area (Å²) in [5, 5.41) is 29.4. The average molecular weight is 320 g/mol. The number of imide groups is 1. The van der Waals surface area contributed by atoms with Crippen LogP contribution in [0.4, 0.5) is 5.69 Å². The van der Waals surface area contributed by atoms with Gasteiger partial charge in [0.05, 0.1) is 30.0 Å². The lowest BCUT2D eigenvalue weighted by Crippen LogP contribution is -2.34. The number of anilines is 1. The van der Waals surface area contributed by atoms with Crippen molar-refractivity contribution in [3.05, 3.63) is 41.1 Å². The molecule has 0 radical (unpaired) electrons. The number of amides is 2. The molecule has 0 aliphatic carbocycles. The molecule has 0 unspecified atom stereocenters. The predicted molar refractivity (Wildman–Crippen MR) is 75.9 cm³/mol. The Morgan fingerprint density at radius 2 is 1.83 bits per heavy atom. The Labute approximate surface area is 129 Å². The van der Waals surface area contributed by atoms with Crippen molar-refractivity contribution in [1.82, 2.24) is 4.90 Å². The summed E-state index contributed by atoms with van der Waals surface area (Å²) in [6, 6.07) is 3.26. The molecule has 9 heteroatoms. The van der Waals surface area contributed by atoms with E-state index in [1.807, 2.05) is 0 Å². The van der Waals surface area contributed by atoms with Crippen LogP contribution >= 0.6 is 0 Å². The van der Waals surface area contributed by atoms with Crippen LogP contribution in [0.1, 0.15) is 20.7 Å². The van der Waals surface area contributed by atoms with Crippen molar-refractivity contribution in [2.45, 2.75) is 0 Å². The van der Waals surface area contributed by atoms with E-state index in [1.54, 1.807) is 0 Å². The first-order chi connectivity index (χ1) is 10.8. The molecule has 9 nitrogen and oxygen atoms in total. The first kappa shape index (κ1) is 16.2. The van der Waals surface area contributed by atoms with Crippen LogP contribution < -0.4 is 5.32 Å². The second-order valence-electron chi connectivity index (χ2n) is 4.57. The summed E-state index contributed by atoms with van der Waals surface area (Å²) < 4.78 is 0. The highest BCUT2D eigenvalue weighted by atomic mass is 16.4. The van der Waals surface area contributed by atoms with Crippen molar-refractivity contribution in [2.75, 3.05) is 18.5 Å². The van der Waals surface area contributed by atoms with E-state index in [2.05, 4.69) is 5.32 Å². The normalized spacial score (nSPS) is 14.0. The molecule has 120 valence electrons. The molecular formula is C14H12N2O7. The minimum atomic E-state index is -1.32. The Bertz CT molecular complexity index is 739. The van der Waals surface area contributed by atoms with Gasteiger partial charge in [0.25, 0.3) is 11.8 Å². The number of rotatable bonds is 6. The van der Waals surface area contributed by atoms with Crippen LogP contribution in [-0.2, 0) is 9.59 Å². The zero-order valence-corrected chi connectivity index (χ0v) is 11.6. The maximum absolute atomic E-state index is 12.0. The fraction of sp³-hybridized carbons (Fsp3) is 0.143. The van der Waals surface area contributed by atoms with Gasteiger partial charge in [0.2, 0.25) is 0 Å². The Balaban J connectivity index is 2.36. The van der Waals surface area contributed by atoms with Crippen molar-refractivity contribution in [2.24, 2.45) is 0 Å². The first-order valence-electron chi connectivity index (χ1n) is 6.41. The van der Waals surface area contributed by atoms with E-state index in [9.17, 15) is 19.2 Å². The highest BCUT2D eigenvalue weighted by Crippen LogP contribution is 2.22. The summed E-state index contributed by atoms with van der Waals surface area (Å²) in [5.74, 6) is -3.98. The molecule has 1 aromatic carbocycles. The minimum absolute atomic E-state index is 0.129. The fourth-order valence-electron chi connectivity index (χ4n) is 2.02. The van der Waals surface area contributed by atoms with E-state index < -0.39 is 30.4 Å². The number of aliphatic hydroxyl groups excluding tert-OH is 1. The van der Waals surface area contributed by atoms with Crippen molar-refractivity contribution >= 4 is 29.4 Å². The van der Waals surface area contributed by atoms with Crippen molar-refractivity contribution in [3.63, 3.8) is 0 Å². The molecule has 1 aliphatic rings. The molecule has 0 saturated carbocycles. The van der Waals surface area contributed by atoms with Crippen LogP contribution in [0.2, 0.25) is 0 Å². The third kappa shape index (κ3) is 3.19. The molecule has 23 heavy (non-hydrogen) atoms. The largest absolute Gasteiger partial charge is 0.478 e. The number of hydrogen-bond acceptors (Lipinski definition) is 6. The Morgan fingerprint density at radius 3 is 2.39 bits per heavy atom. The molecule has 2 rings (SSSR count). The summed E-state index contributed by atoms with van der Waals surface area (Å²) >= 11 is 0. The number of nitrogens with one attached hydrogen (secondary N) is 1. The number of nitrogens with zero attached hydrogens (tertiary/aromatic N) is 1. The average Bonchev–Trinajstić information content (AvgIpc) is 2.75. The number of aromatic carboxylic acids is 2. The van der Waals surface area contributed by atoms with Gasteiger partial charge in [0.15, 0.2) is 0 Å². The summed E-state index contributed by atoms with van der Waals surface area (Å²) in [6.07, 6.45) is 0.955. The van der Waals surface area contributed by atoms with E-state index in [0.29, 0.717) is 0 Å². The molecule has 1 heterocycles. The summed E-state index contributed by atoms with van der Waals surface area (Å²) in [5.41, 5.74) is -0.761. The molecule has 0 bridgehead atoms. The van der Waals surface area contributed by atoms with Gasteiger partial charge in [0.1, 0.15) is 5.70 Å². The van der Waals surface area contributed by atoms with E-state index in [1.165, 1.54) is 0 Å². The number of carboxylic acids is 2. The van der Waals surface area contributed by atoms with Gasteiger partial charge in [-0.05, 0) is 18.2 Å². The lowest BCUT2D eigenvalue weighted by Gasteiger charge is -2.14. The molecule has 0 spiro atoms. The summed E-state index contributed by atoms with van der Waals surface area (Å²) in [7, 11) is 0. The van der Waals surface area contributed by atoms with Crippen LogP contribution in [-0.4, -0.2) is 57.1 Å². The quantitative estimate of drug-likeness (QED) is 0.525. The number of benzene rings is 1. The van der Waals surface area contributed by atoms with Gasteiger partial charge < -0.3 is 20.6 Å². The van der Waals surface area contributed by atoms with Gasteiger partial charge in [-0.3, -0.25) is 14.5 Å². The number of carbonyl (C=O) groups excluding carboxylic acids is 2. The maximum atomic E-state index is 12.0. The van der Waals surface area contributed by atoms with Crippen molar-refractivity contribution in [1.29, 1.82) is 0 Å². The smallest absolute Gasteiger partial charge is 0.337 e. The van der Waals surface area contributed by atoms with Crippen molar-refractivity contribution < 1.29 is 34.5 Å². The number of carboxylic acid groups (broad SMARTS) is 2. The van der Waals surface area contributed by atoms with Crippen molar-refractivity contribution in [3.8, 4) is 0 Å². The third-order valence-corrected chi connectivity index (χ3v) is 3.10. The Hall–Kier alpha value is -3.20. The van der Waals surface area contributed by atoms with Gasteiger partial charge in [-0.2, -0.15) is 0 Å². The molecule has 0 saturated heterocycles. The Kier molecular flexibility index (Phi) is 4.42. The lowest BCUT2D eigenvalue weighted by molar-refractivity contribution is -0.137. The molecule has 4 N–H and O–H groups in total. The SMILES string of the molecule is O=C(O)c1ccc(C(=O)O)c(NC2=CC(=O)N(CCO)C2=O)c1. The van der Waals surface area contributed by atoms with E-state index in [0.717, 1.165) is 29.2 Å². The molecule has 0 fully saturated rings. The molecule has 1 aromatic rings. The molecular weight excluding hydrogens is 308 g/mol. The Morgan fingerprint density at radius 1 is 1.13 bits per heavy atom. The summed E-state index contributed by atoms with van der Waals surface area (Å²) in [4.78, 5) is 46.6. The topological polar surface area (TPSA) is 144 Å². The van der Waals surface area contributed by atoms with Gasteiger partial charge in [-0.25, -0.2) is 9.59 Å². The summed E-state index contributed by atoms with van der Waals surface area (Å²) in [6.45, 7) is -0.603. The van der Waals surface area contributed by atoms with Gasteiger partial charge in [-0.15, -0.1) is 0 Å². The fourth-order valence-corrected chi connectivity index (χ4v) is 2.02. The number of carbonyl (C=O) groups is 4. The highest BCUT2D eigenvalue weighted by Gasteiger charge is 2.31. The predicted octanol–water partition coefficient (Wildman–Crippen LogP) is -0.260. The molecule has 0 aromatic heterocycles. The third-order valence-electron chi connectivity index (χ3n) is 3.10.